The maximum atomic E-state index is 6.06. The van der Waals surface area contributed by atoms with Gasteiger partial charge in [0.15, 0.2) is 5.82 Å². The molecule has 1 fully saturated rings. The first kappa shape index (κ1) is 14.7. The molecule has 0 saturated carbocycles. The van der Waals surface area contributed by atoms with Crippen LogP contribution in [-0.2, 0) is 6.54 Å². The van der Waals surface area contributed by atoms with Crippen LogP contribution < -0.4 is 10.2 Å². The molecule has 0 radical (unpaired) electrons. The van der Waals surface area contributed by atoms with Crippen LogP contribution in [-0.4, -0.2) is 18.1 Å². The second-order valence-corrected chi connectivity index (χ2v) is 6.45. The van der Waals surface area contributed by atoms with Crippen molar-refractivity contribution in [2.45, 2.75) is 19.4 Å². The van der Waals surface area contributed by atoms with E-state index in [0.29, 0.717) is 6.54 Å². The fourth-order valence-corrected chi connectivity index (χ4v) is 3.17. The summed E-state index contributed by atoms with van der Waals surface area (Å²) in [7, 11) is 0. The maximum Gasteiger partial charge on any atom is 0.151 e. The maximum absolute atomic E-state index is 6.06. The second kappa shape index (κ2) is 6.67. The van der Waals surface area contributed by atoms with Gasteiger partial charge in [0.05, 0.1) is 5.69 Å². The van der Waals surface area contributed by atoms with Crippen LogP contribution in [0.25, 0.3) is 0 Å². The molecule has 5 heteroatoms. The van der Waals surface area contributed by atoms with Gasteiger partial charge in [-0.05, 0) is 48.7 Å². The zero-order chi connectivity index (χ0) is 14.7. The zero-order valence-corrected chi connectivity index (χ0v) is 14.0. The van der Waals surface area contributed by atoms with Crippen molar-refractivity contribution in [3.63, 3.8) is 0 Å². The third-order valence-corrected chi connectivity index (χ3v) is 4.68. The van der Waals surface area contributed by atoms with Crippen molar-refractivity contribution in [3.8, 4) is 0 Å². The summed E-state index contributed by atoms with van der Waals surface area (Å²) in [6.07, 6.45) is 4.35. The third-order valence-electron chi connectivity index (χ3n) is 3.67. The molecule has 1 aliphatic heterocycles. The minimum atomic E-state index is 0.716. The normalized spacial score (nSPS) is 14.5. The van der Waals surface area contributed by atoms with Gasteiger partial charge >= 0.3 is 0 Å². The van der Waals surface area contributed by atoms with Crippen LogP contribution in [0.4, 0.5) is 11.5 Å². The van der Waals surface area contributed by atoms with Crippen molar-refractivity contribution in [2.24, 2.45) is 0 Å². The van der Waals surface area contributed by atoms with Crippen molar-refractivity contribution in [3.05, 3.63) is 51.6 Å². The molecule has 3 nitrogen and oxygen atoms in total. The number of halogens is 2. The number of nitrogens with zero attached hydrogens (tertiary/aromatic N) is 2. The summed E-state index contributed by atoms with van der Waals surface area (Å²) in [6, 6.07) is 9.89. The van der Waals surface area contributed by atoms with Crippen LogP contribution in [0, 0.1) is 0 Å². The van der Waals surface area contributed by atoms with Gasteiger partial charge in [0.1, 0.15) is 0 Å². The Hall–Kier alpha value is -1.26. The van der Waals surface area contributed by atoms with Crippen molar-refractivity contribution < 1.29 is 0 Å². The summed E-state index contributed by atoms with van der Waals surface area (Å²) < 4.78 is 1.06. The molecule has 0 atom stereocenters. The fourth-order valence-electron chi connectivity index (χ4n) is 2.59. The van der Waals surface area contributed by atoms with E-state index in [1.54, 1.807) is 0 Å². The summed E-state index contributed by atoms with van der Waals surface area (Å²) in [4.78, 5) is 6.88. The average molecular weight is 367 g/mol. The highest BCUT2D eigenvalue weighted by molar-refractivity contribution is 9.10. The van der Waals surface area contributed by atoms with Crippen LogP contribution in [0.1, 0.15) is 18.4 Å². The highest BCUT2D eigenvalue weighted by atomic mass is 79.9. The molecule has 0 aliphatic carbocycles. The molecule has 1 aromatic heterocycles. The Labute approximate surface area is 138 Å². The summed E-state index contributed by atoms with van der Waals surface area (Å²) in [5.41, 5.74) is 2.21. The summed E-state index contributed by atoms with van der Waals surface area (Å²) in [6.45, 7) is 2.90. The van der Waals surface area contributed by atoms with Crippen molar-refractivity contribution in [2.75, 3.05) is 23.3 Å². The quantitative estimate of drug-likeness (QED) is 0.849. The number of anilines is 2. The van der Waals surface area contributed by atoms with Crippen LogP contribution in [0.2, 0.25) is 5.02 Å². The van der Waals surface area contributed by atoms with Gasteiger partial charge in [-0.1, -0.05) is 27.5 Å². The molecule has 1 aromatic carbocycles. The molecule has 1 saturated heterocycles. The first-order chi connectivity index (χ1) is 10.2. The minimum Gasteiger partial charge on any atom is -0.378 e. The van der Waals surface area contributed by atoms with Gasteiger partial charge in [-0.2, -0.15) is 0 Å². The van der Waals surface area contributed by atoms with E-state index in [0.717, 1.165) is 39.7 Å². The van der Waals surface area contributed by atoms with Crippen molar-refractivity contribution in [1.82, 2.24) is 4.98 Å². The van der Waals surface area contributed by atoms with E-state index in [1.165, 1.54) is 12.8 Å². The molecule has 1 aliphatic rings. The second-order valence-electron chi connectivity index (χ2n) is 5.16. The van der Waals surface area contributed by atoms with E-state index in [-0.39, 0.29) is 0 Å². The van der Waals surface area contributed by atoms with Crippen LogP contribution in [0.15, 0.2) is 41.0 Å². The lowest BCUT2D eigenvalue weighted by Crippen LogP contribution is -2.20. The summed E-state index contributed by atoms with van der Waals surface area (Å²) >= 11 is 9.63. The Morgan fingerprint density at radius 3 is 2.86 bits per heavy atom. The van der Waals surface area contributed by atoms with Crippen LogP contribution >= 0.6 is 27.5 Å². The largest absolute Gasteiger partial charge is 0.378 e. The lowest BCUT2D eigenvalue weighted by molar-refractivity contribution is 0.934. The van der Waals surface area contributed by atoms with Crippen LogP contribution in [0.5, 0.6) is 0 Å². The molecule has 110 valence electrons. The van der Waals surface area contributed by atoms with E-state index >= 15 is 0 Å². The number of hydrogen-bond acceptors (Lipinski definition) is 3. The van der Waals surface area contributed by atoms with Gasteiger partial charge in [-0.25, -0.2) is 4.98 Å². The molecule has 0 spiro atoms. The topological polar surface area (TPSA) is 28.2 Å². The molecule has 0 bridgehead atoms. The lowest BCUT2D eigenvalue weighted by atomic mass is 10.2. The van der Waals surface area contributed by atoms with E-state index < -0.39 is 0 Å². The van der Waals surface area contributed by atoms with E-state index in [1.807, 2.05) is 30.5 Å². The molecule has 0 unspecified atom stereocenters. The molecular formula is C16H17BrClN3. The number of aromatic nitrogens is 1. The highest BCUT2D eigenvalue weighted by Gasteiger charge is 2.16. The van der Waals surface area contributed by atoms with Gasteiger partial charge in [0, 0.05) is 35.3 Å². The lowest BCUT2D eigenvalue weighted by Gasteiger charge is -2.20. The van der Waals surface area contributed by atoms with Crippen molar-refractivity contribution >= 4 is 39.0 Å². The minimum absolute atomic E-state index is 0.716. The molecular weight excluding hydrogens is 350 g/mol. The van der Waals surface area contributed by atoms with Gasteiger partial charge in [-0.15, -0.1) is 0 Å². The van der Waals surface area contributed by atoms with Crippen molar-refractivity contribution in [1.29, 1.82) is 0 Å². The number of nitrogens with one attached hydrogen (secondary N) is 1. The Bertz CT molecular complexity index is 627. The Balaban J connectivity index is 1.77. The predicted octanol–water partition coefficient (Wildman–Crippen LogP) is 4.71. The Morgan fingerprint density at radius 1 is 1.24 bits per heavy atom. The average Bonchev–Trinajstić information content (AvgIpc) is 3.03. The molecule has 2 aromatic rings. The third kappa shape index (κ3) is 3.50. The summed E-state index contributed by atoms with van der Waals surface area (Å²) in [5.74, 6) is 1.05. The van der Waals surface area contributed by atoms with Gasteiger partial charge in [0.2, 0.25) is 0 Å². The number of hydrogen-bond donors (Lipinski definition) is 1. The summed E-state index contributed by atoms with van der Waals surface area (Å²) in [5, 5.41) is 4.23. The van der Waals surface area contributed by atoms with Gasteiger partial charge in [0.25, 0.3) is 0 Å². The number of benzene rings is 1. The monoisotopic (exact) mass is 365 g/mol. The molecule has 0 amide bonds. The van der Waals surface area contributed by atoms with Gasteiger partial charge < -0.3 is 10.2 Å². The highest BCUT2D eigenvalue weighted by Crippen LogP contribution is 2.28. The molecule has 2 heterocycles. The number of pyridine rings is 1. The molecule has 21 heavy (non-hydrogen) atoms. The standard InChI is InChI=1S/C16H17BrClN3/c17-14-6-5-13(18)10-12(14)11-20-15-4-3-7-19-16(15)21-8-1-2-9-21/h3-7,10,20H,1-2,8-9,11H2. The smallest absolute Gasteiger partial charge is 0.151 e. The predicted molar refractivity (Wildman–Crippen MR) is 92.2 cm³/mol. The van der Waals surface area contributed by atoms with E-state index in [2.05, 4.69) is 37.2 Å². The first-order valence-corrected chi connectivity index (χ1v) is 8.29. The molecule has 1 N–H and O–H groups in total. The van der Waals surface area contributed by atoms with E-state index in [4.69, 9.17) is 11.6 Å². The van der Waals surface area contributed by atoms with Crippen LogP contribution in [0.3, 0.4) is 0 Å². The Morgan fingerprint density at radius 2 is 2.05 bits per heavy atom. The molecule has 3 rings (SSSR count). The number of rotatable bonds is 4. The SMILES string of the molecule is Clc1ccc(Br)c(CNc2cccnc2N2CCCC2)c1. The first-order valence-electron chi connectivity index (χ1n) is 7.12. The van der Waals surface area contributed by atoms with Gasteiger partial charge in [-0.3, -0.25) is 0 Å². The Kier molecular flexibility index (Phi) is 4.66. The van der Waals surface area contributed by atoms with E-state index in [9.17, 15) is 0 Å². The zero-order valence-electron chi connectivity index (χ0n) is 11.6. The fraction of sp³-hybridized carbons (Fsp3) is 0.312.